The van der Waals surface area contributed by atoms with Gasteiger partial charge in [-0.3, -0.25) is 9.59 Å². The molecule has 1 aromatic heterocycles. The third-order valence-electron chi connectivity index (χ3n) is 3.85. The van der Waals surface area contributed by atoms with Crippen molar-refractivity contribution in [2.24, 2.45) is 0 Å². The van der Waals surface area contributed by atoms with Crippen molar-refractivity contribution in [1.29, 1.82) is 0 Å². The Morgan fingerprint density at radius 2 is 1.97 bits per heavy atom. The summed E-state index contributed by atoms with van der Waals surface area (Å²) in [5, 5.41) is 3.27. The number of thioether (sulfide) groups is 1. The molecule has 30 heavy (non-hydrogen) atoms. The smallest absolute Gasteiger partial charge is 0.270 e. The highest BCUT2D eigenvalue weighted by molar-refractivity contribution is 7.99. The van der Waals surface area contributed by atoms with Crippen molar-refractivity contribution in [3.63, 3.8) is 0 Å². The number of halogens is 1. The molecule has 156 valence electrons. The number of carbonyl (C=O) groups excluding carboxylic acids is 1. The molecule has 11 heteroatoms. The summed E-state index contributed by atoms with van der Waals surface area (Å²) in [5.41, 5.74) is -0.283. The molecular weight excluding hydrogens is 450 g/mol. The van der Waals surface area contributed by atoms with E-state index in [9.17, 15) is 18.0 Å². The van der Waals surface area contributed by atoms with Crippen molar-refractivity contribution in [1.82, 2.24) is 9.97 Å². The van der Waals surface area contributed by atoms with E-state index < -0.39 is 20.3 Å². The number of aromatic amines is 1. The molecule has 0 spiro atoms. The number of aromatic nitrogens is 2. The fourth-order valence-electron chi connectivity index (χ4n) is 2.41. The molecule has 3 aromatic rings. The molecule has 2 aromatic carbocycles. The molecule has 0 fully saturated rings. The zero-order chi connectivity index (χ0) is 21.7. The summed E-state index contributed by atoms with van der Waals surface area (Å²) in [7, 11) is -2.59. The van der Waals surface area contributed by atoms with Crippen molar-refractivity contribution < 1.29 is 17.9 Å². The van der Waals surface area contributed by atoms with E-state index in [0.717, 1.165) is 18.0 Å². The number of hydrogen-bond acceptors (Lipinski definition) is 7. The van der Waals surface area contributed by atoms with Crippen LogP contribution in [0.4, 0.5) is 5.69 Å². The zero-order valence-corrected chi connectivity index (χ0v) is 18.0. The second-order valence-corrected chi connectivity index (χ2v) is 9.23. The average Bonchev–Trinajstić information content (AvgIpc) is 2.72. The Morgan fingerprint density at radius 1 is 1.23 bits per heavy atom. The lowest BCUT2D eigenvalue weighted by molar-refractivity contribution is -0.113. The number of carbonyl (C=O) groups is 1. The van der Waals surface area contributed by atoms with E-state index in [2.05, 4.69) is 15.3 Å². The number of ether oxygens (including phenoxy) is 1. The van der Waals surface area contributed by atoms with Gasteiger partial charge < -0.3 is 15.0 Å². The maximum Gasteiger partial charge on any atom is 0.270 e. The number of rotatable bonds is 7. The number of benzene rings is 2. The number of methoxy groups -OCH3 is 1. The maximum absolute atomic E-state index is 12.7. The number of nitrogens with zero attached hydrogens (tertiary/aromatic N) is 1. The largest absolute Gasteiger partial charge is 0.497 e. The fourth-order valence-corrected chi connectivity index (χ4v) is 4.47. The second kappa shape index (κ2) is 9.33. The predicted octanol–water partition coefficient (Wildman–Crippen LogP) is 3.00. The number of hydrogen-bond donors (Lipinski definition) is 2. The molecular formula is C19H16ClN3O5S2. The van der Waals surface area contributed by atoms with Gasteiger partial charge in [-0.15, -0.1) is 0 Å². The number of nitrogens with one attached hydrogen (secondary N) is 2. The van der Waals surface area contributed by atoms with Crippen LogP contribution >= 0.6 is 23.4 Å². The van der Waals surface area contributed by atoms with Gasteiger partial charge in [0.05, 0.1) is 24.0 Å². The SMILES string of the molecule is COc1ccc(S(=O)(=O)c2cnc(SCC(=O)Nc3cccc(Cl)c3)[nH]c2=O)cc1. The summed E-state index contributed by atoms with van der Waals surface area (Å²) >= 11 is 6.83. The molecule has 0 aliphatic rings. The Kier molecular flexibility index (Phi) is 6.80. The first kappa shape index (κ1) is 21.9. The van der Waals surface area contributed by atoms with Crippen molar-refractivity contribution in [2.75, 3.05) is 18.2 Å². The molecule has 0 aliphatic heterocycles. The first-order valence-electron chi connectivity index (χ1n) is 8.46. The van der Waals surface area contributed by atoms with Crippen molar-refractivity contribution in [3.8, 4) is 5.75 Å². The number of sulfone groups is 1. The highest BCUT2D eigenvalue weighted by Crippen LogP contribution is 2.21. The first-order chi connectivity index (χ1) is 14.3. The van der Waals surface area contributed by atoms with E-state index in [1.54, 1.807) is 24.3 Å². The molecule has 0 saturated heterocycles. The van der Waals surface area contributed by atoms with E-state index in [-0.39, 0.29) is 21.7 Å². The second-order valence-electron chi connectivity index (χ2n) is 5.91. The van der Waals surface area contributed by atoms with Crippen molar-refractivity contribution >= 4 is 44.8 Å². The summed E-state index contributed by atoms with van der Waals surface area (Å²) in [4.78, 5) is 30.2. The van der Waals surface area contributed by atoms with Crippen LogP contribution in [0.3, 0.4) is 0 Å². The molecule has 0 atom stereocenters. The molecule has 0 radical (unpaired) electrons. The van der Waals surface area contributed by atoms with Gasteiger partial charge >= 0.3 is 0 Å². The van der Waals surface area contributed by atoms with Crippen LogP contribution in [0.15, 0.2) is 74.5 Å². The van der Waals surface area contributed by atoms with E-state index in [1.807, 2.05) is 0 Å². The van der Waals surface area contributed by atoms with Crippen LogP contribution in [0.1, 0.15) is 0 Å². The quantitative estimate of drug-likeness (QED) is 0.406. The Morgan fingerprint density at radius 3 is 2.60 bits per heavy atom. The van der Waals surface area contributed by atoms with E-state index in [1.165, 1.54) is 31.4 Å². The zero-order valence-electron chi connectivity index (χ0n) is 15.6. The molecule has 0 aliphatic carbocycles. The summed E-state index contributed by atoms with van der Waals surface area (Å²) in [6, 6.07) is 12.3. The van der Waals surface area contributed by atoms with Gasteiger partial charge in [0.25, 0.3) is 5.56 Å². The van der Waals surface area contributed by atoms with Gasteiger partial charge in [-0.25, -0.2) is 13.4 Å². The van der Waals surface area contributed by atoms with Crippen LogP contribution in [-0.4, -0.2) is 37.2 Å². The number of H-pyrrole nitrogens is 1. The summed E-state index contributed by atoms with van der Waals surface area (Å²) < 4.78 is 30.4. The summed E-state index contributed by atoms with van der Waals surface area (Å²) in [5.74, 6) is 0.115. The average molecular weight is 466 g/mol. The lowest BCUT2D eigenvalue weighted by Gasteiger charge is -2.07. The molecule has 2 N–H and O–H groups in total. The van der Waals surface area contributed by atoms with Crippen LogP contribution in [0.2, 0.25) is 5.02 Å². The Hall–Kier alpha value is -2.82. The molecule has 0 unspecified atom stereocenters. The monoisotopic (exact) mass is 465 g/mol. The fraction of sp³-hybridized carbons (Fsp3) is 0.105. The highest BCUT2D eigenvalue weighted by atomic mass is 35.5. The molecule has 8 nitrogen and oxygen atoms in total. The molecule has 3 rings (SSSR count). The summed E-state index contributed by atoms with van der Waals surface area (Å²) in [6.45, 7) is 0. The Labute approximate surface area is 181 Å². The Bertz CT molecular complexity index is 1230. The lowest BCUT2D eigenvalue weighted by atomic mass is 10.3. The molecule has 0 bridgehead atoms. The maximum atomic E-state index is 12.7. The highest BCUT2D eigenvalue weighted by Gasteiger charge is 2.22. The van der Waals surface area contributed by atoms with Crippen LogP contribution in [0.25, 0.3) is 0 Å². The van der Waals surface area contributed by atoms with Crippen LogP contribution in [0, 0.1) is 0 Å². The minimum atomic E-state index is -4.05. The van der Waals surface area contributed by atoms with E-state index >= 15 is 0 Å². The topological polar surface area (TPSA) is 118 Å². The van der Waals surface area contributed by atoms with Gasteiger partial charge in [0.1, 0.15) is 5.75 Å². The van der Waals surface area contributed by atoms with Gasteiger partial charge in [0.2, 0.25) is 15.7 Å². The van der Waals surface area contributed by atoms with Gasteiger partial charge in [0.15, 0.2) is 10.1 Å². The van der Waals surface area contributed by atoms with Crippen molar-refractivity contribution in [3.05, 3.63) is 70.1 Å². The van der Waals surface area contributed by atoms with Crippen LogP contribution in [-0.2, 0) is 14.6 Å². The summed E-state index contributed by atoms with van der Waals surface area (Å²) in [6.07, 6.45) is 0.982. The van der Waals surface area contributed by atoms with Crippen LogP contribution in [0.5, 0.6) is 5.75 Å². The normalized spacial score (nSPS) is 11.1. The van der Waals surface area contributed by atoms with Gasteiger partial charge in [-0.05, 0) is 42.5 Å². The van der Waals surface area contributed by atoms with Gasteiger partial charge in [0, 0.05) is 10.7 Å². The van der Waals surface area contributed by atoms with E-state index in [0.29, 0.717) is 16.5 Å². The number of amides is 1. The number of anilines is 1. The minimum absolute atomic E-state index is 0.0416. The molecule has 1 heterocycles. The molecule has 0 saturated carbocycles. The third-order valence-corrected chi connectivity index (χ3v) is 6.74. The van der Waals surface area contributed by atoms with Gasteiger partial charge in [-0.2, -0.15) is 0 Å². The third kappa shape index (κ3) is 5.21. The minimum Gasteiger partial charge on any atom is -0.497 e. The van der Waals surface area contributed by atoms with Crippen LogP contribution < -0.4 is 15.6 Å². The standard InChI is InChI=1S/C19H16ClN3O5S2/c1-28-14-5-7-15(8-6-14)30(26,27)16-10-21-19(23-18(16)25)29-11-17(24)22-13-4-2-3-12(20)9-13/h2-10H,11H2,1H3,(H,22,24)(H,21,23,25). The van der Waals surface area contributed by atoms with Crippen molar-refractivity contribution in [2.45, 2.75) is 14.9 Å². The Balaban J connectivity index is 1.70. The van der Waals surface area contributed by atoms with E-state index in [4.69, 9.17) is 16.3 Å². The predicted molar refractivity (Wildman–Crippen MR) is 114 cm³/mol. The van der Waals surface area contributed by atoms with Gasteiger partial charge in [-0.1, -0.05) is 29.4 Å². The molecule has 1 amide bonds. The lowest BCUT2D eigenvalue weighted by Crippen LogP contribution is -2.20. The first-order valence-corrected chi connectivity index (χ1v) is 11.3.